The Kier molecular flexibility index (Phi) is 4.14. The van der Waals surface area contributed by atoms with E-state index in [4.69, 9.17) is 4.74 Å². The van der Waals surface area contributed by atoms with Gasteiger partial charge in [-0.25, -0.2) is 8.42 Å². The fraction of sp³-hybridized carbons (Fsp3) is 0.357. The van der Waals surface area contributed by atoms with Gasteiger partial charge in [0, 0.05) is 30.8 Å². The molecule has 0 aliphatic carbocycles. The van der Waals surface area contributed by atoms with Crippen molar-refractivity contribution < 1.29 is 17.9 Å². The lowest BCUT2D eigenvalue weighted by Crippen LogP contribution is -2.44. The molecule has 1 fully saturated rings. The van der Waals surface area contributed by atoms with Crippen molar-refractivity contribution in [3.05, 3.63) is 42.0 Å². The Hall–Kier alpha value is -2.26. The van der Waals surface area contributed by atoms with Crippen LogP contribution in [0.25, 0.3) is 0 Å². The minimum atomic E-state index is -3.45. The second kappa shape index (κ2) is 6.09. The summed E-state index contributed by atoms with van der Waals surface area (Å²) in [6.07, 6.45) is 5.45. The number of sulfone groups is 1. The van der Waals surface area contributed by atoms with Crippen molar-refractivity contribution in [3.8, 4) is 0 Å². The number of morpholine rings is 1. The summed E-state index contributed by atoms with van der Waals surface area (Å²) in [7, 11) is -3.45. The van der Waals surface area contributed by atoms with Crippen LogP contribution in [-0.4, -0.2) is 60.4 Å². The van der Waals surface area contributed by atoms with E-state index in [0.717, 1.165) is 6.26 Å². The summed E-state index contributed by atoms with van der Waals surface area (Å²) in [6.45, 7) is 0.977. The first-order valence-electron chi connectivity index (χ1n) is 7.00. The highest BCUT2D eigenvalue weighted by Crippen LogP contribution is 2.28. The van der Waals surface area contributed by atoms with Crippen LogP contribution < -0.4 is 0 Å². The summed E-state index contributed by atoms with van der Waals surface area (Å²) in [4.78, 5) is 18.3. The molecule has 0 aromatic carbocycles. The maximum absolute atomic E-state index is 12.7. The molecule has 1 N–H and O–H groups in total. The van der Waals surface area contributed by atoms with E-state index in [1.165, 1.54) is 6.20 Å². The summed E-state index contributed by atoms with van der Waals surface area (Å²) in [5.41, 5.74) is 0.863. The smallest absolute Gasteiger partial charge is 0.254 e. The highest BCUT2D eigenvalue weighted by atomic mass is 32.2. The van der Waals surface area contributed by atoms with E-state index in [2.05, 4.69) is 15.2 Å². The first-order valence-corrected chi connectivity index (χ1v) is 8.89. The third kappa shape index (κ3) is 3.10. The number of carbonyl (C=O) groups is 1. The normalized spacial score (nSPS) is 18.8. The molecule has 2 aromatic rings. The molecular weight excluding hydrogens is 320 g/mol. The van der Waals surface area contributed by atoms with Crippen molar-refractivity contribution in [2.24, 2.45) is 0 Å². The molecule has 2 aromatic heterocycles. The molecular formula is C14H16N4O4S. The zero-order valence-corrected chi connectivity index (χ0v) is 13.3. The Balaban J connectivity index is 1.97. The summed E-state index contributed by atoms with van der Waals surface area (Å²) >= 11 is 0. The van der Waals surface area contributed by atoms with E-state index in [0.29, 0.717) is 24.4 Å². The number of carbonyl (C=O) groups excluding carboxylic acids is 1. The lowest BCUT2D eigenvalue weighted by molar-refractivity contribution is -0.00468. The molecule has 0 saturated carbocycles. The minimum absolute atomic E-state index is 0.0838. The van der Waals surface area contributed by atoms with E-state index in [1.54, 1.807) is 29.4 Å². The van der Waals surface area contributed by atoms with Crippen molar-refractivity contribution >= 4 is 15.7 Å². The van der Waals surface area contributed by atoms with Crippen LogP contribution >= 0.6 is 0 Å². The van der Waals surface area contributed by atoms with Crippen molar-refractivity contribution in [1.82, 2.24) is 20.1 Å². The monoisotopic (exact) mass is 336 g/mol. The molecule has 1 atom stereocenters. The van der Waals surface area contributed by atoms with Crippen molar-refractivity contribution in [3.63, 3.8) is 0 Å². The van der Waals surface area contributed by atoms with Crippen LogP contribution in [0.5, 0.6) is 0 Å². The highest BCUT2D eigenvalue weighted by molar-refractivity contribution is 7.90. The molecule has 8 nitrogen and oxygen atoms in total. The Bertz CT molecular complexity index is 803. The number of hydrogen-bond acceptors (Lipinski definition) is 6. The van der Waals surface area contributed by atoms with Crippen molar-refractivity contribution in [1.29, 1.82) is 0 Å². The maximum Gasteiger partial charge on any atom is 0.254 e. The second-order valence-corrected chi connectivity index (χ2v) is 7.23. The topological polar surface area (TPSA) is 105 Å². The number of rotatable bonds is 3. The van der Waals surface area contributed by atoms with Gasteiger partial charge in [-0.3, -0.25) is 14.9 Å². The fourth-order valence-corrected chi connectivity index (χ4v) is 3.39. The third-order valence-corrected chi connectivity index (χ3v) is 4.81. The molecule has 1 aliphatic heterocycles. The molecule has 122 valence electrons. The summed E-state index contributed by atoms with van der Waals surface area (Å²) in [5.74, 6) is -0.199. The van der Waals surface area contributed by atoms with E-state index in [-0.39, 0.29) is 17.4 Å². The molecule has 0 unspecified atom stereocenters. The number of hydrogen-bond donors (Lipinski definition) is 1. The Morgan fingerprint density at radius 1 is 1.39 bits per heavy atom. The van der Waals surface area contributed by atoms with Gasteiger partial charge >= 0.3 is 0 Å². The van der Waals surface area contributed by atoms with Crippen LogP contribution in [0.4, 0.5) is 0 Å². The number of amides is 1. The number of aromatic amines is 1. The van der Waals surface area contributed by atoms with Crippen molar-refractivity contribution in [2.75, 3.05) is 26.0 Å². The molecule has 1 amide bonds. The van der Waals surface area contributed by atoms with E-state index in [1.807, 2.05) is 0 Å². The number of pyridine rings is 1. The number of nitrogens with zero attached hydrogens (tertiary/aromatic N) is 3. The van der Waals surface area contributed by atoms with Gasteiger partial charge in [-0.15, -0.1) is 0 Å². The first-order chi connectivity index (χ1) is 11.0. The Morgan fingerprint density at radius 2 is 2.13 bits per heavy atom. The largest absolute Gasteiger partial charge is 0.377 e. The average Bonchev–Trinajstić information content (AvgIpc) is 3.05. The van der Waals surface area contributed by atoms with Crippen LogP contribution in [0, 0.1) is 0 Å². The van der Waals surface area contributed by atoms with Gasteiger partial charge in [-0.2, -0.15) is 5.10 Å². The summed E-state index contributed by atoms with van der Waals surface area (Å²) in [6, 6.07) is 2.72. The SMILES string of the molecule is CS(=O)(=O)c1cn[nH]c1[C@H]1COCCN1C(=O)c1ccncc1. The van der Waals surface area contributed by atoms with Gasteiger partial charge in [-0.1, -0.05) is 0 Å². The van der Waals surface area contributed by atoms with Gasteiger partial charge in [0.15, 0.2) is 9.84 Å². The van der Waals surface area contributed by atoms with Crippen LogP contribution in [0.1, 0.15) is 22.1 Å². The van der Waals surface area contributed by atoms with Crippen LogP contribution in [-0.2, 0) is 14.6 Å². The maximum atomic E-state index is 12.7. The number of ether oxygens (including phenoxy) is 1. The fourth-order valence-electron chi connectivity index (χ4n) is 2.57. The number of aromatic nitrogens is 3. The number of nitrogens with one attached hydrogen (secondary N) is 1. The van der Waals surface area contributed by atoms with E-state index < -0.39 is 15.9 Å². The quantitative estimate of drug-likeness (QED) is 0.871. The van der Waals surface area contributed by atoms with Gasteiger partial charge in [0.1, 0.15) is 4.90 Å². The predicted octanol–water partition coefficient (Wildman–Crippen LogP) is 0.422. The second-order valence-electron chi connectivity index (χ2n) is 5.25. The zero-order chi connectivity index (χ0) is 16.4. The molecule has 23 heavy (non-hydrogen) atoms. The van der Waals surface area contributed by atoms with Gasteiger partial charge in [0.2, 0.25) is 0 Å². The molecule has 1 saturated heterocycles. The van der Waals surface area contributed by atoms with Crippen LogP contribution in [0.2, 0.25) is 0 Å². The third-order valence-electron chi connectivity index (χ3n) is 3.68. The lowest BCUT2D eigenvalue weighted by Gasteiger charge is -2.35. The van der Waals surface area contributed by atoms with Gasteiger partial charge < -0.3 is 9.64 Å². The van der Waals surface area contributed by atoms with Crippen LogP contribution in [0.3, 0.4) is 0 Å². The van der Waals surface area contributed by atoms with E-state index in [9.17, 15) is 13.2 Å². The van der Waals surface area contributed by atoms with Crippen molar-refractivity contribution in [2.45, 2.75) is 10.9 Å². The molecule has 3 heterocycles. The van der Waals surface area contributed by atoms with Gasteiger partial charge in [0.25, 0.3) is 5.91 Å². The molecule has 1 aliphatic rings. The average molecular weight is 336 g/mol. The molecule has 0 bridgehead atoms. The number of H-pyrrole nitrogens is 1. The summed E-state index contributed by atoms with van der Waals surface area (Å²) < 4.78 is 29.2. The Labute approximate surface area is 133 Å². The molecule has 0 spiro atoms. The predicted molar refractivity (Wildman–Crippen MR) is 80.5 cm³/mol. The van der Waals surface area contributed by atoms with E-state index >= 15 is 0 Å². The summed E-state index contributed by atoms with van der Waals surface area (Å²) in [5, 5.41) is 6.53. The minimum Gasteiger partial charge on any atom is -0.377 e. The zero-order valence-electron chi connectivity index (χ0n) is 12.5. The Morgan fingerprint density at radius 3 is 2.83 bits per heavy atom. The molecule has 0 radical (unpaired) electrons. The first kappa shape index (κ1) is 15.6. The lowest BCUT2D eigenvalue weighted by atomic mass is 10.1. The molecule has 3 rings (SSSR count). The molecule has 9 heteroatoms. The van der Waals surface area contributed by atoms with Gasteiger partial charge in [-0.05, 0) is 12.1 Å². The standard InChI is InChI=1S/C14H16N4O4S/c1-23(20,21)12-8-16-17-13(12)11-9-22-7-6-18(11)14(19)10-2-4-15-5-3-10/h2-5,8,11H,6-7,9H2,1H3,(H,16,17)/t11-/m1/s1. The van der Waals surface area contributed by atoms with Crippen LogP contribution in [0.15, 0.2) is 35.6 Å². The highest BCUT2D eigenvalue weighted by Gasteiger charge is 2.33. The van der Waals surface area contributed by atoms with Gasteiger partial charge in [0.05, 0.1) is 31.1 Å².